The molecule has 0 aliphatic heterocycles. The first kappa shape index (κ1) is 105. The number of unbranched alkanes of at least 4 members (excludes halogenated alkanes) is 11. The summed E-state index contributed by atoms with van der Waals surface area (Å²) >= 11 is 0. The Morgan fingerprint density at radius 1 is 0.250 bits per heavy atom. The summed E-state index contributed by atoms with van der Waals surface area (Å²) in [7, 11) is -10.0. The van der Waals surface area contributed by atoms with Gasteiger partial charge in [0.05, 0.1) is 26.4 Å². The number of aliphatic hydroxyl groups is 1. The van der Waals surface area contributed by atoms with E-state index in [1.165, 1.54) is 0 Å². The van der Waals surface area contributed by atoms with Crippen LogP contribution in [0.25, 0.3) is 0 Å². The van der Waals surface area contributed by atoms with Gasteiger partial charge < -0.3 is 33.8 Å². The van der Waals surface area contributed by atoms with Crippen molar-refractivity contribution in [3.8, 4) is 0 Å². The summed E-state index contributed by atoms with van der Waals surface area (Å²) in [6.07, 6.45) is 106. The fourth-order valence-electron chi connectivity index (χ4n) is 9.97. The van der Waals surface area contributed by atoms with Crippen molar-refractivity contribution in [2.45, 2.75) is 290 Å². The Bertz CT molecular complexity index is 3040. The van der Waals surface area contributed by atoms with Crippen LogP contribution in [0.5, 0.6) is 0 Å². The highest BCUT2D eigenvalue weighted by molar-refractivity contribution is 7.47. The molecule has 0 aliphatic carbocycles. The van der Waals surface area contributed by atoms with Gasteiger partial charge in [0.2, 0.25) is 0 Å². The molecule has 0 amide bonds. The molecule has 0 rings (SSSR count). The van der Waals surface area contributed by atoms with Crippen LogP contribution in [0.3, 0.4) is 0 Å². The Morgan fingerprint density at radius 3 is 0.768 bits per heavy atom. The summed E-state index contributed by atoms with van der Waals surface area (Å²) in [5.74, 6) is -2.42. The summed E-state index contributed by atoms with van der Waals surface area (Å²) in [5.41, 5.74) is 0. The quantitative estimate of drug-likeness (QED) is 0.0169. The van der Waals surface area contributed by atoms with Gasteiger partial charge in [-0.1, -0.05) is 297 Å². The monoisotopic (exact) mass is 1590 g/mol. The molecule has 0 aromatic rings. The van der Waals surface area contributed by atoms with Gasteiger partial charge in [0.15, 0.2) is 12.2 Å². The van der Waals surface area contributed by atoms with E-state index >= 15 is 0 Å². The number of ether oxygens (including phenoxy) is 4. The fraction of sp³-hybridized carbons (Fsp3) is 0.548. The molecule has 0 heterocycles. The lowest BCUT2D eigenvalue weighted by molar-refractivity contribution is -0.161. The molecule has 112 heavy (non-hydrogen) atoms. The Labute approximate surface area is 676 Å². The van der Waals surface area contributed by atoms with Crippen molar-refractivity contribution in [3.05, 3.63) is 231 Å². The number of esters is 4. The first-order valence-electron chi connectivity index (χ1n) is 41.6. The molecule has 0 aromatic carbocycles. The molecular weight excluding hydrogens is 1450 g/mol. The molecule has 19 heteroatoms. The minimum atomic E-state index is -5.02. The predicted molar refractivity (Wildman–Crippen MR) is 463 cm³/mol. The summed E-state index contributed by atoms with van der Waals surface area (Å²) in [6.45, 7) is 4.19. The second-order valence-corrected chi connectivity index (χ2v) is 29.4. The zero-order valence-electron chi connectivity index (χ0n) is 68.7. The lowest BCUT2D eigenvalue weighted by Gasteiger charge is -2.21. The molecular formula is C93H144O17P2. The van der Waals surface area contributed by atoms with Gasteiger partial charge >= 0.3 is 39.5 Å². The maximum absolute atomic E-state index is 13.1. The SMILES string of the molecule is CC/C=C\C/C=C\C/C=C\C/C=C\C/C=C\C/C=C\CCC(=O)OCC(COP(=O)(O)OCC(O)COP(=O)(O)OCC(COC(=O)CCCCC/C=C\C/C=C\C/C=C\C/C=C\C/C=C\CC)OC(=O)CCC/C=C\C/C=C\C/C=C\C/C=C\C/C=C\CC)OC(=O)CCCCCCCCC/C=C\C/C=C\C/C=C\CC. The van der Waals surface area contributed by atoms with Crippen LogP contribution < -0.4 is 0 Å². The normalized spacial score (nSPS) is 15.0. The zero-order chi connectivity index (χ0) is 81.7. The number of rotatable bonds is 75. The summed E-state index contributed by atoms with van der Waals surface area (Å²) < 4.78 is 68.6. The van der Waals surface area contributed by atoms with Crippen molar-refractivity contribution in [3.63, 3.8) is 0 Å². The molecule has 0 radical (unpaired) electrons. The smallest absolute Gasteiger partial charge is 0.462 e. The molecule has 0 aliphatic rings. The van der Waals surface area contributed by atoms with E-state index in [1.54, 1.807) is 0 Å². The van der Waals surface area contributed by atoms with E-state index in [0.29, 0.717) is 38.5 Å². The standard InChI is InChI=1S/C93H144O17P2/c1-5-9-13-17-21-25-29-33-37-41-43-47-49-53-57-61-65-69-73-77-90(95)103-83-88(109-92(97)79-75-71-67-63-59-55-51-45-39-35-31-27-23-19-15-11-7-3)85-107-111(99,100)105-81-87(94)82-106-112(101,102)108-86-89(110-93(98)80-76-72-68-64-60-56-52-46-40-36-32-28-24-20-16-12-8-4)84-104-91(96)78-74-70-66-62-58-54-50-48-44-42-38-34-30-26-22-18-14-10-6-2/h9-16,21-28,33-40,43-44,47-48,51,53-55,57-58,63,66-67,70,87-89,94H,5-8,17-20,29-32,41-42,45-46,49-50,52,56,59-62,64-65,68-69,71-86H2,1-4H3,(H,99,100)(H,101,102)/b13-9-,14-10-,15-11-,16-12-,25-21-,26-22-,27-23-,28-24-,37-33-,38-34-,39-35-,40-36-,47-43-,48-44-,55-51-,57-53-,58-54-,67-63-,70-66-. The van der Waals surface area contributed by atoms with Crippen molar-refractivity contribution >= 4 is 39.5 Å². The van der Waals surface area contributed by atoms with Crippen molar-refractivity contribution in [2.75, 3.05) is 39.6 Å². The second kappa shape index (κ2) is 82.1. The van der Waals surface area contributed by atoms with Crippen LogP contribution >= 0.6 is 15.6 Å². The largest absolute Gasteiger partial charge is 0.472 e. The van der Waals surface area contributed by atoms with Crippen LogP contribution in [0.1, 0.15) is 272 Å². The maximum Gasteiger partial charge on any atom is 0.472 e. The van der Waals surface area contributed by atoms with Crippen molar-refractivity contribution in [1.82, 2.24) is 0 Å². The summed E-state index contributed by atoms with van der Waals surface area (Å²) in [5, 5.41) is 10.7. The highest BCUT2D eigenvalue weighted by Crippen LogP contribution is 2.45. The molecule has 0 spiro atoms. The second-order valence-electron chi connectivity index (χ2n) is 26.5. The van der Waals surface area contributed by atoms with E-state index in [1.807, 2.05) is 30.4 Å². The minimum absolute atomic E-state index is 0.00332. The third kappa shape index (κ3) is 81.1. The van der Waals surface area contributed by atoms with Crippen LogP contribution in [0.2, 0.25) is 0 Å². The minimum Gasteiger partial charge on any atom is -0.462 e. The van der Waals surface area contributed by atoms with Gasteiger partial charge in [-0.15, -0.1) is 0 Å². The fourth-order valence-corrected chi connectivity index (χ4v) is 11.5. The Kier molecular flexibility index (Phi) is 77.1. The Morgan fingerprint density at radius 2 is 0.464 bits per heavy atom. The van der Waals surface area contributed by atoms with Gasteiger partial charge in [-0.3, -0.25) is 37.3 Å². The topological polar surface area (TPSA) is 237 Å². The lowest BCUT2D eigenvalue weighted by atomic mass is 10.1. The zero-order valence-corrected chi connectivity index (χ0v) is 70.5. The molecule has 0 saturated carbocycles. The average molecular weight is 1600 g/mol. The number of allylic oxidation sites excluding steroid dienone is 38. The third-order valence-electron chi connectivity index (χ3n) is 16.1. The Balaban J connectivity index is 5.57. The predicted octanol–water partition coefficient (Wildman–Crippen LogP) is 25.0. The number of hydrogen-bond acceptors (Lipinski definition) is 15. The summed E-state index contributed by atoms with van der Waals surface area (Å²) in [4.78, 5) is 73.2. The van der Waals surface area contributed by atoms with Gasteiger partial charge in [0.25, 0.3) is 0 Å². The van der Waals surface area contributed by atoms with Gasteiger partial charge in [0.1, 0.15) is 19.3 Å². The van der Waals surface area contributed by atoms with E-state index < -0.39 is 97.5 Å². The Hall–Kier alpha value is -6.88. The van der Waals surface area contributed by atoms with E-state index in [0.717, 1.165) is 180 Å². The molecule has 628 valence electrons. The molecule has 5 unspecified atom stereocenters. The summed E-state index contributed by atoms with van der Waals surface area (Å²) in [6, 6.07) is 0. The van der Waals surface area contributed by atoms with Gasteiger partial charge in [-0.25, -0.2) is 9.13 Å². The molecule has 5 atom stereocenters. The molecule has 0 fully saturated rings. The van der Waals surface area contributed by atoms with Crippen LogP contribution in [0, 0.1) is 0 Å². The van der Waals surface area contributed by atoms with Gasteiger partial charge in [-0.2, -0.15) is 0 Å². The van der Waals surface area contributed by atoms with Crippen LogP contribution in [0.15, 0.2) is 231 Å². The number of phosphoric acid groups is 2. The molecule has 0 bridgehead atoms. The van der Waals surface area contributed by atoms with Crippen molar-refractivity contribution in [2.24, 2.45) is 0 Å². The average Bonchev–Trinajstić information content (AvgIpc) is 0.895. The number of phosphoric ester groups is 2. The van der Waals surface area contributed by atoms with E-state index in [-0.39, 0.29) is 25.7 Å². The molecule has 17 nitrogen and oxygen atoms in total. The first-order chi connectivity index (χ1) is 54.7. The van der Waals surface area contributed by atoms with Crippen LogP contribution in [-0.4, -0.2) is 96.7 Å². The highest BCUT2D eigenvalue weighted by Gasteiger charge is 2.30. The van der Waals surface area contributed by atoms with E-state index in [9.17, 15) is 43.2 Å². The number of hydrogen-bond donors (Lipinski definition) is 3. The maximum atomic E-state index is 13.1. The van der Waals surface area contributed by atoms with Crippen LogP contribution in [0.4, 0.5) is 0 Å². The first-order valence-corrected chi connectivity index (χ1v) is 44.6. The van der Waals surface area contributed by atoms with Gasteiger partial charge in [-0.05, 0) is 180 Å². The molecule has 0 aromatic heterocycles. The number of carbonyl (C=O) groups excluding carboxylic acids is 4. The lowest BCUT2D eigenvalue weighted by Crippen LogP contribution is -2.30. The number of aliphatic hydroxyl groups excluding tert-OH is 1. The highest BCUT2D eigenvalue weighted by atomic mass is 31.2. The molecule has 0 saturated heterocycles. The van der Waals surface area contributed by atoms with Crippen molar-refractivity contribution in [1.29, 1.82) is 0 Å². The van der Waals surface area contributed by atoms with Crippen LogP contribution in [-0.2, 0) is 65.4 Å². The van der Waals surface area contributed by atoms with E-state index in [4.69, 9.17) is 37.0 Å². The van der Waals surface area contributed by atoms with E-state index in [2.05, 4.69) is 228 Å². The third-order valence-corrected chi connectivity index (χ3v) is 18.0. The van der Waals surface area contributed by atoms with Crippen molar-refractivity contribution < 1.29 is 80.2 Å². The number of carbonyl (C=O) groups is 4. The molecule has 3 N–H and O–H groups in total. The van der Waals surface area contributed by atoms with Gasteiger partial charge in [0, 0.05) is 25.7 Å².